The fraction of sp³-hybridized carbons (Fsp3) is 0.708. The molecule has 2 aliphatic heterocycles. The number of hydrogen-bond donors (Lipinski definition) is 1. The fourth-order valence-corrected chi connectivity index (χ4v) is 8.63. The van der Waals surface area contributed by atoms with Crippen molar-refractivity contribution in [2.24, 2.45) is 28.6 Å². The quantitative estimate of drug-likeness (QED) is 0.870. The molecule has 0 spiro atoms. The van der Waals surface area contributed by atoms with Crippen LogP contribution in [0.15, 0.2) is 30.3 Å². The van der Waals surface area contributed by atoms with Crippen LogP contribution in [-0.4, -0.2) is 37.0 Å². The standard InChI is InChI=1S/C24H32N2O/c1-22-7-17-8-23(14-22,20-5-3-2-4-6-20)16-24(9-17,15-22)21(27)26-12-18-10-25-11-19(18)13-26/h2-6,17-19,25H,7-16H2,1H3/t17?,18-,19+,22?,23?,24?. The monoisotopic (exact) mass is 364 g/mol. The molecule has 1 amide bonds. The summed E-state index contributed by atoms with van der Waals surface area (Å²) in [6.45, 7) is 6.70. The van der Waals surface area contributed by atoms with E-state index in [4.69, 9.17) is 0 Å². The van der Waals surface area contributed by atoms with Crippen LogP contribution in [0.3, 0.4) is 0 Å². The topological polar surface area (TPSA) is 32.3 Å². The Morgan fingerprint density at radius 2 is 1.74 bits per heavy atom. The van der Waals surface area contributed by atoms with Crippen molar-refractivity contribution in [2.45, 2.75) is 50.9 Å². The normalized spacial score (nSPS) is 47.4. The summed E-state index contributed by atoms with van der Waals surface area (Å²) >= 11 is 0. The summed E-state index contributed by atoms with van der Waals surface area (Å²) in [5.74, 6) is 2.65. The summed E-state index contributed by atoms with van der Waals surface area (Å²) in [7, 11) is 0. The van der Waals surface area contributed by atoms with Gasteiger partial charge >= 0.3 is 0 Å². The van der Waals surface area contributed by atoms with Gasteiger partial charge in [-0.1, -0.05) is 37.3 Å². The summed E-state index contributed by atoms with van der Waals surface area (Å²) in [6.07, 6.45) is 7.31. The van der Waals surface area contributed by atoms with Crippen LogP contribution < -0.4 is 5.32 Å². The van der Waals surface area contributed by atoms with Crippen molar-refractivity contribution in [3.63, 3.8) is 0 Å². The number of carbonyl (C=O) groups is 1. The Kier molecular flexibility index (Phi) is 3.30. The molecule has 6 fully saturated rings. The summed E-state index contributed by atoms with van der Waals surface area (Å²) in [5, 5.41) is 3.51. The highest BCUT2D eigenvalue weighted by Crippen LogP contribution is 2.70. The summed E-state index contributed by atoms with van der Waals surface area (Å²) in [6, 6.07) is 11.2. The number of carbonyl (C=O) groups excluding carboxylic acids is 1. The van der Waals surface area contributed by atoms with Gasteiger partial charge < -0.3 is 10.2 Å². The molecule has 0 aromatic heterocycles. The van der Waals surface area contributed by atoms with E-state index >= 15 is 0 Å². The Balaban J connectivity index is 1.36. The van der Waals surface area contributed by atoms with Crippen LogP contribution in [0.5, 0.6) is 0 Å². The van der Waals surface area contributed by atoms with Crippen molar-refractivity contribution >= 4 is 5.91 Å². The minimum atomic E-state index is -0.0872. The van der Waals surface area contributed by atoms with Gasteiger partial charge in [-0.15, -0.1) is 0 Å². The van der Waals surface area contributed by atoms with E-state index in [9.17, 15) is 4.79 Å². The SMILES string of the molecule is CC12CC3CC(C(=O)N4C[C@H]5CNC[C@H]5C4)(C1)CC(c1ccccc1)(C3)C2. The summed E-state index contributed by atoms with van der Waals surface area (Å²) < 4.78 is 0. The van der Waals surface area contributed by atoms with Gasteiger partial charge in [0, 0.05) is 26.2 Å². The zero-order chi connectivity index (χ0) is 18.3. The molecule has 6 atom stereocenters. The van der Waals surface area contributed by atoms with Gasteiger partial charge in [0.15, 0.2) is 0 Å². The number of likely N-dealkylation sites (tertiary alicyclic amines) is 1. The molecular weight excluding hydrogens is 332 g/mol. The highest BCUT2D eigenvalue weighted by atomic mass is 16.2. The average molecular weight is 365 g/mol. The third-order valence-electron chi connectivity index (χ3n) is 8.86. The van der Waals surface area contributed by atoms with Gasteiger partial charge in [0.25, 0.3) is 0 Å². The molecule has 144 valence electrons. The Hall–Kier alpha value is -1.35. The first-order valence-corrected chi connectivity index (χ1v) is 11.1. The minimum Gasteiger partial charge on any atom is -0.342 e. The number of nitrogens with one attached hydrogen (secondary N) is 1. The first-order chi connectivity index (χ1) is 13.0. The number of rotatable bonds is 2. The highest BCUT2D eigenvalue weighted by molar-refractivity contribution is 5.84. The Bertz CT molecular complexity index is 766. The second kappa shape index (κ2) is 5.37. The predicted octanol–water partition coefficient (Wildman–Crippen LogP) is 3.59. The van der Waals surface area contributed by atoms with Crippen molar-refractivity contribution in [2.75, 3.05) is 26.2 Å². The lowest BCUT2D eigenvalue weighted by Crippen LogP contribution is -2.62. The van der Waals surface area contributed by atoms with Gasteiger partial charge in [-0.05, 0) is 72.7 Å². The van der Waals surface area contributed by atoms with E-state index < -0.39 is 0 Å². The fourth-order valence-electron chi connectivity index (χ4n) is 8.63. The van der Waals surface area contributed by atoms with E-state index in [2.05, 4.69) is 47.5 Å². The van der Waals surface area contributed by atoms with Crippen LogP contribution in [0.1, 0.15) is 51.0 Å². The van der Waals surface area contributed by atoms with Crippen molar-refractivity contribution in [1.29, 1.82) is 0 Å². The molecule has 4 unspecified atom stereocenters. The molecule has 2 saturated heterocycles. The van der Waals surface area contributed by atoms with Gasteiger partial charge in [-0.25, -0.2) is 0 Å². The van der Waals surface area contributed by atoms with Crippen LogP contribution >= 0.6 is 0 Å². The van der Waals surface area contributed by atoms with Gasteiger partial charge in [0.1, 0.15) is 0 Å². The third-order valence-corrected chi connectivity index (χ3v) is 8.86. The number of fused-ring (bicyclic) bond motifs is 1. The first-order valence-electron chi connectivity index (χ1n) is 11.1. The van der Waals surface area contributed by atoms with Gasteiger partial charge in [-0.2, -0.15) is 0 Å². The molecule has 1 aromatic rings. The van der Waals surface area contributed by atoms with E-state index in [1.165, 1.54) is 24.8 Å². The number of hydrogen-bond acceptors (Lipinski definition) is 2. The van der Waals surface area contributed by atoms with E-state index in [1.54, 1.807) is 0 Å². The first kappa shape index (κ1) is 16.6. The second-order valence-electron chi connectivity index (χ2n) is 11.1. The van der Waals surface area contributed by atoms with Crippen LogP contribution in [-0.2, 0) is 10.2 Å². The minimum absolute atomic E-state index is 0.0872. The Morgan fingerprint density at radius 3 is 2.44 bits per heavy atom. The molecule has 4 aliphatic carbocycles. The Labute approximate surface area is 162 Å². The molecule has 1 N–H and O–H groups in total. The van der Waals surface area contributed by atoms with Gasteiger partial charge in [0.05, 0.1) is 5.41 Å². The smallest absolute Gasteiger partial charge is 0.228 e. The van der Waals surface area contributed by atoms with Crippen LogP contribution in [0.4, 0.5) is 0 Å². The lowest BCUT2D eigenvalue weighted by atomic mass is 9.38. The predicted molar refractivity (Wildman–Crippen MR) is 106 cm³/mol. The molecule has 4 bridgehead atoms. The van der Waals surface area contributed by atoms with E-state index in [0.717, 1.165) is 51.4 Å². The zero-order valence-corrected chi connectivity index (χ0v) is 16.5. The van der Waals surface area contributed by atoms with Gasteiger partial charge in [0.2, 0.25) is 5.91 Å². The van der Waals surface area contributed by atoms with Crippen molar-refractivity contribution in [3.8, 4) is 0 Å². The van der Waals surface area contributed by atoms with E-state index in [-0.39, 0.29) is 10.8 Å². The zero-order valence-electron chi connectivity index (χ0n) is 16.5. The molecule has 4 saturated carbocycles. The van der Waals surface area contributed by atoms with E-state index in [1.807, 2.05) is 0 Å². The lowest BCUT2D eigenvalue weighted by Gasteiger charge is -2.66. The van der Waals surface area contributed by atoms with Gasteiger partial charge in [-0.3, -0.25) is 4.79 Å². The number of benzene rings is 1. The maximum Gasteiger partial charge on any atom is 0.228 e. The molecule has 6 aliphatic rings. The average Bonchev–Trinajstić information content (AvgIpc) is 3.21. The molecule has 7 rings (SSSR count). The molecule has 0 radical (unpaired) electrons. The molecular formula is C24H32N2O. The largest absolute Gasteiger partial charge is 0.342 e. The summed E-state index contributed by atoms with van der Waals surface area (Å²) in [5.41, 5.74) is 2.00. The van der Waals surface area contributed by atoms with Crippen LogP contribution in [0, 0.1) is 28.6 Å². The maximum atomic E-state index is 14.0. The number of amides is 1. The second-order valence-corrected chi connectivity index (χ2v) is 11.1. The van der Waals surface area contributed by atoms with Crippen molar-refractivity contribution in [1.82, 2.24) is 10.2 Å². The molecule has 3 heteroatoms. The molecule has 2 heterocycles. The Morgan fingerprint density at radius 1 is 1.00 bits per heavy atom. The maximum absolute atomic E-state index is 14.0. The number of nitrogens with zero attached hydrogens (tertiary/aromatic N) is 1. The lowest BCUT2D eigenvalue weighted by molar-refractivity contribution is -0.169. The molecule has 3 nitrogen and oxygen atoms in total. The van der Waals surface area contributed by atoms with Crippen molar-refractivity contribution < 1.29 is 4.79 Å². The van der Waals surface area contributed by atoms with Crippen molar-refractivity contribution in [3.05, 3.63) is 35.9 Å². The molecule has 27 heavy (non-hydrogen) atoms. The third kappa shape index (κ3) is 2.33. The van der Waals surface area contributed by atoms with Crippen LogP contribution in [0.25, 0.3) is 0 Å². The highest BCUT2D eigenvalue weighted by Gasteiger charge is 2.65. The molecule has 1 aromatic carbocycles. The summed E-state index contributed by atoms with van der Waals surface area (Å²) in [4.78, 5) is 16.2. The van der Waals surface area contributed by atoms with E-state index in [0.29, 0.717) is 23.2 Å². The van der Waals surface area contributed by atoms with Crippen LogP contribution in [0.2, 0.25) is 0 Å².